The number of hydrogen-bond donors (Lipinski definition) is 4. The molecule has 0 radical (unpaired) electrons. The third-order valence-corrected chi connectivity index (χ3v) is 11.0. The Morgan fingerprint density at radius 2 is 1.21 bits per heavy atom. The van der Waals surface area contributed by atoms with Crippen LogP contribution in [-0.4, -0.2) is 103 Å². The zero-order chi connectivity index (χ0) is 41.1. The minimum Gasteiger partial charge on any atom is -0.453 e. The Balaban J connectivity index is 1.02. The normalized spacial score (nSPS) is 17.8. The molecule has 0 saturated carbocycles. The number of nitrogens with zero attached hydrogens (tertiary/aromatic N) is 6. The van der Waals surface area contributed by atoms with Crippen LogP contribution in [0.3, 0.4) is 0 Å². The van der Waals surface area contributed by atoms with E-state index in [-0.39, 0.29) is 35.7 Å². The molecule has 2 aliphatic rings. The highest BCUT2D eigenvalue weighted by molar-refractivity contribution is 5.87. The lowest BCUT2D eigenvalue weighted by Gasteiger charge is -2.30. The van der Waals surface area contributed by atoms with Gasteiger partial charge in [0, 0.05) is 24.2 Å². The van der Waals surface area contributed by atoms with Crippen molar-refractivity contribution in [1.82, 2.24) is 50.6 Å². The van der Waals surface area contributed by atoms with Crippen LogP contribution in [0.15, 0.2) is 60.8 Å². The van der Waals surface area contributed by atoms with Gasteiger partial charge in [0.05, 0.1) is 60.6 Å². The molecule has 0 spiro atoms. The quantitative estimate of drug-likeness (QED) is 0.120. The number of likely N-dealkylation sites (tertiary alicyclic amines) is 2. The summed E-state index contributed by atoms with van der Waals surface area (Å²) >= 11 is 0. The molecule has 16 heteroatoms. The van der Waals surface area contributed by atoms with E-state index in [1.54, 1.807) is 16.0 Å². The Kier molecular flexibility index (Phi) is 11.7. The van der Waals surface area contributed by atoms with E-state index < -0.39 is 24.3 Å². The molecule has 5 heterocycles. The van der Waals surface area contributed by atoms with E-state index in [1.807, 2.05) is 82.3 Å². The summed E-state index contributed by atoms with van der Waals surface area (Å²) < 4.78 is 9.51. The van der Waals surface area contributed by atoms with Gasteiger partial charge in [-0.1, -0.05) is 58.0 Å². The Bertz CT molecular complexity index is 2270. The smallest absolute Gasteiger partial charge is 0.407 e. The second-order valence-electron chi connectivity index (χ2n) is 15.5. The van der Waals surface area contributed by atoms with E-state index in [0.29, 0.717) is 30.4 Å². The number of fused-ring (bicyclic) bond motifs is 1. The average molecular weight is 791 g/mol. The number of rotatable bonds is 11. The zero-order valence-corrected chi connectivity index (χ0v) is 33.6. The van der Waals surface area contributed by atoms with Crippen molar-refractivity contribution in [3.05, 3.63) is 72.4 Å². The zero-order valence-electron chi connectivity index (χ0n) is 33.6. The molecule has 5 aromatic rings. The van der Waals surface area contributed by atoms with Crippen molar-refractivity contribution in [2.45, 2.75) is 77.5 Å². The molecule has 58 heavy (non-hydrogen) atoms. The molecule has 2 saturated heterocycles. The van der Waals surface area contributed by atoms with Crippen molar-refractivity contribution in [3.63, 3.8) is 0 Å². The van der Waals surface area contributed by atoms with Gasteiger partial charge >= 0.3 is 12.2 Å². The van der Waals surface area contributed by atoms with Crippen molar-refractivity contribution < 1.29 is 28.7 Å². The van der Waals surface area contributed by atoms with Gasteiger partial charge in [-0.15, -0.1) is 10.2 Å². The first-order valence-corrected chi connectivity index (χ1v) is 19.7. The molecule has 16 nitrogen and oxygen atoms in total. The van der Waals surface area contributed by atoms with Crippen molar-refractivity contribution >= 4 is 35.0 Å². The van der Waals surface area contributed by atoms with Gasteiger partial charge in [-0.05, 0) is 67.3 Å². The fourth-order valence-corrected chi connectivity index (χ4v) is 7.85. The van der Waals surface area contributed by atoms with E-state index >= 15 is 0 Å². The summed E-state index contributed by atoms with van der Waals surface area (Å²) in [5, 5.41) is 14.5. The number of nitrogens with one attached hydrogen (secondary N) is 4. The van der Waals surface area contributed by atoms with Crippen LogP contribution in [0.1, 0.15) is 77.1 Å². The summed E-state index contributed by atoms with van der Waals surface area (Å²) in [6, 6.07) is 15.9. The van der Waals surface area contributed by atoms with Crippen LogP contribution < -0.4 is 10.6 Å². The van der Waals surface area contributed by atoms with Crippen LogP contribution in [0.4, 0.5) is 9.59 Å². The minimum absolute atomic E-state index is 0.113. The van der Waals surface area contributed by atoms with E-state index in [1.165, 1.54) is 14.2 Å². The number of ether oxygens (including phenoxy) is 2. The molecule has 2 aromatic carbocycles. The maximum Gasteiger partial charge on any atom is 0.407 e. The van der Waals surface area contributed by atoms with Gasteiger partial charge in [-0.2, -0.15) is 0 Å². The van der Waals surface area contributed by atoms with Crippen molar-refractivity contribution in [2.24, 2.45) is 11.8 Å². The lowest BCUT2D eigenvalue weighted by atomic mass is 10.0. The standard InChI is InChI=1S/C42H50N10O6/c1-23(2)35(47-41(55)57-5)39(53)51-19-7-9-33(51)37-43-22-32(46-37)26-13-11-25(12-14-26)28-17-18-29(50-49-28)27-15-16-30-31(21-27)45-38(44-30)34-10-8-20-52(34)40(54)36(24(3)4)48-42(56)58-6/h11-18,21-24,33-36H,7-10,19-20H2,1-6H3,(H,43,46)(H,44,45)(H,47,55)(H,48,56). The average Bonchev–Trinajstić information content (AvgIpc) is 4.07. The number of benzene rings is 2. The number of carbonyl (C=O) groups excluding carboxylic acids is 4. The number of aromatic amines is 2. The van der Waals surface area contributed by atoms with Gasteiger partial charge in [0.1, 0.15) is 23.7 Å². The van der Waals surface area contributed by atoms with Crippen molar-refractivity contribution in [1.29, 1.82) is 0 Å². The summed E-state index contributed by atoms with van der Waals surface area (Å²) in [6.07, 6.45) is 3.72. The molecule has 4 amide bonds. The molecule has 2 aliphatic heterocycles. The summed E-state index contributed by atoms with van der Waals surface area (Å²) in [6.45, 7) is 8.74. The second-order valence-corrected chi connectivity index (χ2v) is 15.5. The summed E-state index contributed by atoms with van der Waals surface area (Å²) in [5.41, 5.74) is 6.57. The first kappa shape index (κ1) is 39.9. The Morgan fingerprint density at radius 1 is 0.690 bits per heavy atom. The van der Waals surface area contributed by atoms with Gasteiger partial charge in [-0.25, -0.2) is 19.6 Å². The molecule has 4 unspecified atom stereocenters. The van der Waals surface area contributed by atoms with Crippen LogP contribution >= 0.6 is 0 Å². The molecule has 4 N–H and O–H groups in total. The Hall–Kier alpha value is -6.32. The molecule has 4 atom stereocenters. The summed E-state index contributed by atoms with van der Waals surface area (Å²) in [7, 11) is 2.57. The number of hydrogen-bond acceptors (Lipinski definition) is 10. The fourth-order valence-electron chi connectivity index (χ4n) is 7.85. The highest BCUT2D eigenvalue weighted by Gasteiger charge is 2.39. The topological polar surface area (TPSA) is 200 Å². The van der Waals surface area contributed by atoms with E-state index in [9.17, 15) is 19.2 Å². The van der Waals surface area contributed by atoms with Crippen molar-refractivity contribution in [3.8, 4) is 33.8 Å². The third-order valence-electron chi connectivity index (χ3n) is 11.0. The molecule has 304 valence electrons. The number of carbonyl (C=O) groups is 4. The number of alkyl carbamates (subject to hydrolysis) is 2. The predicted octanol–water partition coefficient (Wildman–Crippen LogP) is 6.17. The highest BCUT2D eigenvalue weighted by atomic mass is 16.5. The Morgan fingerprint density at radius 3 is 1.74 bits per heavy atom. The highest BCUT2D eigenvalue weighted by Crippen LogP contribution is 2.35. The molecule has 3 aromatic heterocycles. The van der Waals surface area contributed by atoms with Crippen LogP contribution in [0.2, 0.25) is 0 Å². The van der Waals surface area contributed by atoms with Gasteiger partial charge in [-0.3, -0.25) is 9.59 Å². The monoisotopic (exact) mass is 790 g/mol. The van der Waals surface area contributed by atoms with Crippen LogP contribution in [0, 0.1) is 11.8 Å². The largest absolute Gasteiger partial charge is 0.453 e. The minimum atomic E-state index is -0.704. The number of amides is 4. The van der Waals surface area contributed by atoms with E-state index in [4.69, 9.17) is 14.5 Å². The first-order valence-electron chi connectivity index (χ1n) is 19.7. The van der Waals surface area contributed by atoms with E-state index in [0.717, 1.165) is 64.8 Å². The predicted molar refractivity (Wildman–Crippen MR) is 216 cm³/mol. The number of H-pyrrole nitrogens is 2. The van der Waals surface area contributed by atoms with E-state index in [2.05, 4.69) is 35.8 Å². The fraction of sp³-hybridized carbons (Fsp3) is 0.429. The van der Waals surface area contributed by atoms with Crippen LogP contribution in [0.25, 0.3) is 44.8 Å². The number of imidazole rings is 2. The van der Waals surface area contributed by atoms with Crippen molar-refractivity contribution in [2.75, 3.05) is 27.3 Å². The van der Waals surface area contributed by atoms with Crippen LogP contribution in [-0.2, 0) is 19.1 Å². The lowest BCUT2D eigenvalue weighted by Crippen LogP contribution is -2.51. The van der Waals surface area contributed by atoms with Gasteiger partial charge < -0.3 is 39.9 Å². The molecular weight excluding hydrogens is 741 g/mol. The second kappa shape index (κ2) is 17.0. The third kappa shape index (κ3) is 8.22. The Labute approximate surface area is 336 Å². The SMILES string of the molecule is COC(=O)NC(C(=O)N1CCCC1c1ncc(-c2ccc(-c3ccc(-c4ccc5nc(C6CCCN6C(=O)C(NC(=O)OC)C(C)C)[nH]c5c4)nn3)cc2)[nH]1)C(C)C. The number of methoxy groups -OCH3 is 2. The first-order chi connectivity index (χ1) is 27.9. The molecule has 2 fully saturated rings. The number of aromatic nitrogens is 6. The molecule has 7 rings (SSSR count). The van der Waals surface area contributed by atoms with Gasteiger partial charge in [0.15, 0.2) is 0 Å². The maximum absolute atomic E-state index is 13.6. The molecule has 0 bridgehead atoms. The lowest BCUT2D eigenvalue weighted by molar-refractivity contribution is -0.136. The summed E-state index contributed by atoms with van der Waals surface area (Å²) in [4.78, 5) is 71.0. The van der Waals surface area contributed by atoms with Gasteiger partial charge in [0.2, 0.25) is 11.8 Å². The van der Waals surface area contributed by atoms with Gasteiger partial charge in [0.25, 0.3) is 0 Å². The summed E-state index contributed by atoms with van der Waals surface area (Å²) in [5.74, 6) is 0.873. The molecule has 0 aliphatic carbocycles. The maximum atomic E-state index is 13.6. The van der Waals surface area contributed by atoms with Crippen LogP contribution in [0.5, 0.6) is 0 Å². The molecular formula is C42H50N10O6.